The fraction of sp³-hybridized carbons (Fsp3) is 0.143. The maximum atomic E-state index is 12.1. The van der Waals surface area contributed by atoms with E-state index < -0.39 is 0 Å². The van der Waals surface area contributed by atoms with Crippen LogP contribution in [-0.4, -0.2) is 10.9 Å². The summed E-state index contributed by atoms with van der Waals surface area (Å²) in [5, 5.41) is 3.59. The van der Waals surface area contributed by atoms with Gasteiger partial charge in [-0.25, -0.2) is 0 Å². The lowest BCUT2D eigenvalue weighted by Crippen LogP contribution is -2.15. The van der Waals surface area contributed by atoms with Crippen LogP contribution in [0.5, 0.6) is 0 Å². The Kier molecular flexibility index (Phi) is 4.10. The molecule has 1 aromatic carbocycles. The maximum Gasteiger partial charge on any atom is 0.274 e. The number of carbonyl (C=O) groups is 1. The number of pyridine rings is 1. The average Bonchev–Trinajstić information content (AvgIpc) is 2.39. The first-order chi connectivity index (χ1) is 8.72. The minimum atomic E-state index is -0.179. The van der Waals surface area contributed by atoms with Crippen LogP contribution in [-0.2, 0) is 5.33 Å². The number of rotatable bonds is 3. The molecule has 0 atom stereocenters. The van der Waals surface area contributed by atoms with E-state index in [-0.39, 0.29) is 5.91 Å². The fourth-order valence-electron chi connectivity index (χ4n) is 1.66. The van der Waals surface area contributed by atoms with Gasteiger partial charge in [0, 0.05) is 17.2 Å². The quantitative estimate of drug-likeness (QED) is 0.881. The number of amides is 1. The highest BCUT2D eigenvalue weighted by Gasteiger charge is 2.11. The van der Waals surface area contributed by atoms with Gasteiger partial charge >= 0.3 is 0 Å². The van der Waals surface area contributed by atoms with Gasteiger partial charge in [0.2, 0.25) is 0 Å². The first-order valence-electron chi connectivity index (χ1n) is 5.59. The third kappa shape index (κ3) is 2.76. The summed E-state index contributed by atoms with van der Waals surface area (Å²) in [6, 6.07) is 11.4. The smallest absolute Gasteiger partial charge is 0.274 e. The molecule has 2 aromatic rings. The summed E-state index contributed by atoms with van der Waals surface area (Å²) < 4.78 is 0. The summed E-state index contributed by atoms with van der Waals surface area (Å²) >= 11 is 3.40. The molecule has 0 bridgehead atoms. The second kappa shape index (κ2) is 5.78. The Hall–Kier alpha value is -1.68. The number of hydrogen-bond donors (Lipinski definition) is 1. The molecule has 1 N–H and O–H groups in total. The molecule has 4 heteroatoms. The summed E-state index contributed by atoms with van der Waals surface area (Å²) in [7, 11) is 0. The SMILES string of the molecule is Cc1cccnc1C(=O)Nc1ccccc1CBr. The lowest BCUT2D eigenvalue weighted by molar-refractivity contribution is 0.102. The van der Waals surface area contributed by atoms with Gasteiger partial charge in [-0.2, -0.15) is 0 Å². The molecule has 0 saturated carbocycles. The largest absolute Gasteiger partial charge is 0.320 e. The number of anilines is 1. The highest BCUT2D eigenvalue weighted by Crippen LogP contribution is 2.18. The molecule has 0 fully saturated rings. The first-order valence-corrected chi connectivity index (χ1v) is 6.71. The molecule has 1 amide bonds. The number of carbonyl (C=O) groups excluding carboxylic acids is 1. The zero-order valence-corrected chi connectivity index (χ0v) is 11.6. The van der Waals surface area contributed by atoms with Crippen LogP contribution in [0.1, 0.15) is 21.6 Å². The molecule has 0 aliphatic rings. The van der Waals surface area contributed by atoms with E-state index in [0.717, 1.165) is 16.8 Å². The highest BCUT2D eigenvalue weighted by atomic mass is 79.9. The second-order valence-corrected chi connectivity index (χ2v) is 4.47. The Morgan fingerprint density at radius 2 is 2.06 bits per heavy atom. The van der Waals surface area contributed by atoms with Crippen molar-refractivity contribution < 1.29 is 4.79 Å². The third-order valence-corrected chi connectivity index (χ3v) is 3.24. The zero-order valence-electron chi connectivity index (χ0n) is 9.98. The van der Waals surface area contributed by atoms with E-state index in [9.17, 15) is 4.79 Å². The number of aromatic nitrogens is 1. The lowest BCUT2D eigenvalue weighted by atomic mass is 10.1. The number of nitrogens with zero attached hydrogens (tertiary/aromatic N) is 1. The van der Waals surface area contributed by atoms with Crippen LogP contribution in [0.25, 0.3) is 0 Å². The van der Waals surface area contributed by atoms with Gasteiger partial charge in [-0.15, -0.1) is 0 Å². The highest BCUT2D eigenvalue weighted by molar-refractivity contribution is 9.08. The number of halogens is 1. The van der Waals surface area contributed by atoms with Gasteiger partial charge in [-0.3, -0.25) is 9.78 Å². The Labute approximate surface area is 114 Å². The molecule has 0 radical (unpaired) electrons. The van der Waals surface area contributed by atoms with Gasteiger partial charge in [0.05, 0.1) is 0 Å². The minimum absolute atomic E-state index is 0.179. The van der Waals surface area contributed by atoms with Crippen LogP contribution in [0.2, 0.25) is 0 Å². The number of para-hydroxylation sites is 1. The molecule has 0 aliphatic heterocycles. The van der Waals surface area contributed by atoms with Crippen LogP contribution in [0, 0.1) is 6.92 Å². The van der Waals surface area contributed by atoms with Crippen molar-refractivity contribution in [3.63, 3.8) is 0 Å². The predicted molar refractivity (Wildman–Crippen MR) is 76.0 cm³/mol. The topological polar surface area (TPSA) is 42.0 Å². The molecular formula is C14H13BrN2O. The van der Waals surface area contributed by atoms with Crippen molar-refractivity contribution in [1.29, 1.82) is 0 Å². The van der Waals surface area contributed by atoms with Crippen molar-refractivity contribution in [2.24, 2.45) is 0 Å². The molecule has 92 valence electrons. The van der Waals surface area contributed by atoms with Crippen LogP contribution in [0.3, 0.4) is 0 Å². The second-order valence-electron chi connectivity index (χ2n) is 3.91. The van der Waals surface area contributed by atoms with Gasteiger partial charge in [-0.05, 0) is 30.2 Å². The van der Waals surface area contributed by atoms with E-state index in [1.54, 1.807) is 6.20 Å². The molecule has 0 saturated heterocycles. The number of benzene rings is 1. The van der Waals surface area contributed by atoms with Crippen molar-refractivity contribution >= 4 is 27.5 Å². The van der Waals surface area contributed by atoms with Crippen LogP contribution in [0.4, 0.5) is 5.69 Å². The molecule has 0 aliphatic carbocycles. The van der Waals surface area contributed by atoms with E-state index in [1.165, 1.54) is 0 Å². The van der Waals surface area contributed by atoms with E-state index in [0.29, 0.717) is 11.0 Å². The van der Waals surface area contributed by atoms with Crippen molar-refractivity contribution in [2.75, 3.05) is 5.32 Å². The average molecular weight is 305 g/mol. The van der Waals surface area contributed by atoms with Gasteiger partial charge in [0.25, 0.3) is 5.91 Å². The fourth-order valence-corrected chi connectivity index (χ4v) is 2.15. The molecule has 3 nitrogen and oxygen atoms in total. The number of aryl methyl sites for hydroxylation is 1. The number of hydrogen-bond acceptors (Lipinski definition) is 2. The molecule has 2 rings (SSSR count). The van der Waals surface area contributed by atoms with Gasteiger partial charge in [0.15, 0.2) is 0 Å². The Bertz CT molecular complexity index is 569. The van der Waals surface area contributed by atoms with E-state index in [4.69, 9.17) is 0 Å². The summed E-state index contributed by atoms with van der Waals surface area (Å²) in [6.45, 7) is 1.87. The Morgan fingerprint density at radius 3 is 2.78 bits per heavy atom. The Morgan fingerprint density at radius 1 is 1.28 bits per heavy atom. The molecular weight excluding hydrogens is 292 g/mol. The van der Waals surface area contributed by atoms with E-state index >= 15 is 0 Å². The normalized spacial score (nSPS) is 10.1. The zero-order chi connectivity index (χ0) is 13.0. The first kappa shape index (κ1) is 12.8. The van der Waals surface area contributed by atoms with Crippen LogP contribution < -0.4 is 5.32 Å². The maximum absolute atomic E-state index is 12.1. The van der Waals surface area contributed by atoms with Crippen molar-refractivity contribution in [2.45, 2.75) is 12.3 Å². The standard InChI is InChI=1S/C14H13BrN2O/c1-10-5-4-8-16-13(10)14(18)17-12-7-3-2-6-11(12)9-15/h2-8H,9H2,1H3,(H,17,18). The van der Waals surface area contributed by atoms with E-state index in [2.05, 4.69) is 26.2 Å². The van der Waals surface area contributed by atoms with Gasteiger partial charge in [-0.1, -0.05) is 40.2 Å². The third-order valence-electron chi connectivity index (χ3n) is 2.63. The van der Waals surface area contributed by atoms with Gasteiger partial charge in [0.1, 0.15) is 5.69 Å². The summed E-state index contributed by atoms with van der Waals surface area (Å²) in [5.74, 6) is -0.179. The van der Waals surface area contributed by atoms with E-state index in [1.807, 2.05) is 43.3 Å². The van der Waals surface area contributed by atoms with Crippen molar-refractivity contribution in [3.8, 4) is 0 Å². The Balaban J connectivity index is 2.24. The molecule has 0 unspecified atom stereocenters. The van der Waals surface area contributed by atoms with Crippen LogP contribution in [0.15, 0.2) is 42.6 Å². The number of nitrogens with one attached hydrogen (secondary N) is 1. The minimum Gasteiger partial charge on any atom is -0.320 e. The summed E-state index contributed by atoms with van der Waals surface area (Å²) in [6.07, 6.45) is 1.62. The van der Waals surface area contributed by atoms with Crippen molar-refractivity contribution in [1.82, 2.24) is 4.98 Å². The van der Waals surface area contributed by atoms with Crippen LogP contribution >= 0.6 is 15.9 Å². The lowest BCUT2D eigenvalue weighted by Gasteiger charge is -2.09. The number of alkyl halides is 1. The van der Waals surface area contributed by atoms with Gasteiger partial charge < -0.3 is 5.32 Å². The summed E-state index contributed by atoms with van der Waals surface area (Å²) in [5.41, 5.74) is 3.18. The van der Waals surface area contributed by atoms with Crippen molar-refractivity contribution in [3.05, 3.63) is 59.4 Å². The summed E-state index contributed by atoms with van der Waals surface area (Å²) in [4.78, 5) is 16.2. The monoisotopic (exact) mass is 304 g/mol. The molecule has 1 heterocycles. The predicted octanol–water partition coefficient (Wildman–Crippen LogP) is 3.54. The molecule has 18 heavy (non-hydrogen) atoms. The molecule has 0 spiro atoms. The molecule has 1 aromatic heterocycles.